The second kappa shape index (κ2) is 11.2. The molecule has 0 bridgehead atoms. The topological polar surface area (TPSA) is 39.7 Å². The van der Waals surface area contributed by atoms with Crippen LogP contribution in [-0.4, -0.2) is 25.9 Å². The summed E-state index contributed by atoms with van der Waals surface area (Å²) in [7, 11) is 0. The van der Waals surface area contributed by atoms with Gasteiger partial charge < -0.3 is 19.5 Å². The van der Waals surface area contributed by atoms with E-state index < -0.39 is 0 Å². The van der Waals surface area contributed by atoms with Crippen LogP contribution in [0.25, 0.3) is 0 Å². The van der Waals surface area contributed by atoms with Crippen molar-refractivity contribution in [2.45, 2.75) is 45.9 Å². The monoisotopic (exact) mass is 391 g/mol. The summed E-state index contributed by atoms with van der Waals surface area (Å²) in [6.45, 7) is 7.84. The van der Waals surface area contributed by atoms with Crippen molar-refractivity contribution < 1.29 is 14.2 Å². The van der Waals surface area contributed by atoms with Gasteiger partial charge in [-0.05, 0) is 49.9 Å². The fourth-order valence-corrected chi connectivity index (χ4v) is 3.08. The van der Waals surface area contributed by atoms with E-state index in [0.717, 1.165) is 43.2 Å². The molecule has 1 aliphatic rings. The van der Waals surface area contributed by atoms with Crippen LogP contribution in [0.1, 0.15) is 36.5 Å². The Balaban J connectivity index is 0.00000261. The Hall–Kier alpha value is -1.75. The SMILES string of the molecule is CCOc1cc(CNCC2CCCO2)ccc1OCc1ccc(C)cc1.Cl. The summed E-state index contributed by atoms with van der Waals surface area (Å²) in [5.74, 6) is 1.59. The molecular weight excluding hydrogens is 362 g/mol. The van der Waals surface area contributed by atoms with Crippen molar-refractivity contribution in [3.8, 4) is 11.5 Å². The first-order valence-corrected chi connectivity index (χ1v) is 9.51. The van der Waals surface area contributed by atoms with Gasteiger partial charge >= 0.3 is 0 Å². The number of aryl methyl sites for hydroxylation is 1. The van der Waals surface area contributed by atoms with Gasteiger partial charge in [0.25, 0.3) is 0 Å². The number of nitrogens with one attached hydrogen (secondary N) is 1. The van der Waals surface area contributed by atoms with E-state index in [4.69, 9.17) is 14.2 Å². The Morgan fingerprint density at radius 3 is 2.52 bits per heavy atom. The zero-order chi connectivity index (χ0) is 18.2. The van der Waals surface area contributed by atoms with Gasteiger partial charge in [0.05, 0.1) is 12.7 Å². The highest BCUT2D eigenvalue weighted by molar-refractivity contribution is 5.85. The normalized spacial score (nSPS) is 16.0. The van der Waals surface area contributed by atoms with Crippen molar-refractivity contribution in [3.05, 3.63) is 59.2 Å². The molecule has 0 radical (unpaired) electrons. The third-order valence-electron chi connectivity index (χ3n) is 4.55. The lowest BCUT2D eigenvalue weighted by Gasteiger charge is -2.15. The predicted molar refractivity (Wildman–Crippen MR) is 111 cm³/mol. The minimum atomic E-state index is 0. The van der Waals surface area contributed by atoms with Gasteiger partial charge in [-0.3, -0.25) is 0 Å². The molecule has 1 fully saturated rings. The molecule has 0 spiro atoms. The van der Waals surface area contributed by atoms with Gasteiger partial charge in [0.15, 0.2) is 11.5 Å². The van der Waals surface area contributed by atoms with Crippen molar-refractivity contribution in [1.29, 1.82) is 0 Å². The second-order valence-electron chi connectivity index (χ2n) is 6.75. The quantitative estimate of drug-likeness (QED) is 0.674. The number of ether oxygens (including phenoxy) is 3. The predicted octanol–water partition coefficient (Wildman–Crippen LogP) is 4.66. The molecule has 1 atom stereocenters. The summed E-state index contributed by atoms with van der Waals surface area (Å²) in [5, 5.41) is 3.47. The second-order valence-corrected chi connectivity index (χ2v) is 6.75. The molecule has 0 aromatic heterocycles. The highest BCUT2D eigenvalue weighted by atomic mass is 35.5. The third-order valence-corrected chi connectivity index (χ3v) is 4.55. The molecule has 1 saturated heterocycles. The molecule has 1 N–H and O–H groups in total. The van der Waals surface area contributed by atoms with Gasteiger partial charge in [0, 0.05) is 19.7 Å². The van der Waals surface area contributed by atoms with Gasteiger partial charge in [0.2, 0.25) is 0 Å². The van der Waals surface area contributed by atoms with E-state index in [1.54, 1.807) is 0 Å². The average Bonchev–Trinajstić information content (AvgIpc) is 3.16. The standard InChI is InChI=1S/C22H29NO3.ClH/c1-3-24-22-13-19(14-23-15-20-5-4-12-25-20)10-11-21(22)26-16-18-8-6-17(2)7-9-18;/h6-11,13,20,23H,3-5,12,14-16H2,1-2H3;1H. The van der Waals surface area contributed by atoms with E-state index in [9.17, 15) is 0 Å². The van der Waals surface area contributed by atoms with Crippen LogP contribution in [0.4, 0.5) is 0 Å². The summed E-state index contributed by atoms with van der Waals surface area (Å²) in [6.07, 6.45) is 2.69. The molecule has 2 aromatic carbocycles. The number of benzene rings is 2. The van der Waals surface area contributed by atoms with Crippen LogP contribution in [0.5, 0.6) is 11.5 Å². The first-order valence-electron chi connectivity index (χ1n) is 9.51. The molecule has 1 heterocycles. The Bertz CT molecular complexity index is 684. The Labute approximate surface area is 168 Å². The average molecular weight is 392 g/mol. The number of hydrogen-bond donors (Lipinski definition) is 1. The highest BCUT2D eigenvalue weighted by Crippen LogP contribution is 2.29. The van der Waals surface area contributed by atoms with Crippen LogP contribution in [0.2, 0.25) is 0 Å². The summed E-state index contributed by atoms with van der Waals surface area (Å²) in [4.78, 5) is 0. The van der Waals surface area contributed by atoms with Gasteiger partial charge in [0.1, 0.15) is 6.61 Å². The van der Waals surface area contributed by atoms with Crippen LogP contribution in [-0.2, 0) is 17.9 Å². The summed E-state index contributed by atoms with van der Waals surface area (Å²) < 4.78 is 17.4. The van der Waals surface area contributed by atoms with Crippen LogP contribution in [0.3, 0.4) is 0 Å². The molecule has 148 valence electrons. The lowest BCUT2D eigenvalue weighted by Crippen LogP contribution is -2.25. The maximum atomic E-state index is 5.99. The van der Waals surface area contributed by atoms with E-state index in [-0.39, 0.29) is 12.4 Å². The Morgan fingerprint density at radius 2 is 1.81 bits per heavy atom. The van der Waals surface area contributed by atoms with Crippen molar-refractivity contribution in [3.63, 3.8) is 0 Å². The maximum Gasteiger partial charge on any atom is 0.161 e. The molecule has 0 saturated carbocycles. The number of hydrogen-bond acceptors (Lipinski definition) is 4. The Kier molecular flexibility index (Phi) is 8.92. The van der Waals surface area contributed by atoms with Crippen molar-refractivity contribution in [2.24, 2.45) is 0 Å². The van der Waals surface area contributed by atoms with E-state index in [1.165, 1.54) is 17.5 Å². The lowest BCUT2D eigenvalue weighted by molar-refractivity contribution is 0.110. The fraction of sp³-hybridized carbons (Fsp3) is 0.455. The van der Waals surface area contributed by atoms with Gasteiger partial charge in [-0.1, -0.05) is 35.9 Å². The van der Waals surface area contributed by atoms with Gasteiger partial charge in [-0.2, -0.15) is 0 Å². The molecular formula is C22H30ClNO3. The van der Waals surface area contributed by atoms with Crippen molar-refractivity contribution in [2.75, 3.05) is 19.8 Å². The van der Waals surface area contributed by atoms with Crippen LogP contribution < -0.4 is 14.8 Å². The first-order chi connectivity index (χ1) is 12.7. The third kappa shape index (κ3) is 6.73. The van der Waals surface area contributed by atoms with Crippen LogP contribution in [0.15, 0.2) is 42.5 Å². The molecule has 3 rings (SSSR count). The molecule has 2 aromatic rings. The van der Waals surface area contributed by atoms with E-state index >= 15 is 0 Å². The fourth-order valence-electron chi connectivity index (χ4n) is 3.08. The summed E-state index contributed by atoms with van der Waals surface area (Å²) >= 11 is 0. The summed E-state index contributed by atoms with van der Waals surface area (Å²) in [6, 6.07) is 14.6. The number of halogens is 1. The summed E-state index contributed by atoms with van der Waals surface area (Å²) in [5.41, 5.74) is 3.60. The molecule has 0 aliphatic carbocycles. The van der Waals surface area contributed by atoms with Gasteiger partial charge in [-0.25, -0.2) is 0 Å². The van der Waals surface area contributed by atoms with E-state index in [0.29, 0.717) is 19.3 Å². The molecule has 4 nitrogen and oxygen atoms in total. The smallest absolute Gasteiger partial charge is 0.161 e. The molecule has 1 unspecified atom stereocenters. The zero-order valence-electron chi connectivity index (χ0n) is 16.2. The van der Waals surface area contributed by atoms with E-state index in [1.807, 2.05) is 13.0 Å². The number of rotatable bonds is 9. The molecule has 5 heteroatoms. The van der Waals surface area contributed by atoms with E-state index in [2.05, 4.69) is 48.6 Å². The van der Waals surface area contributed by atoms with Crippen LogP contribution in [0, 0.1) is 6.92 Å². The largest absolute Gasteiger partial charge is 0.490 e. The van der Waals surface area contributed by atoms with Gasteiger partial charge in [-0.15, -0.1) is 12.4 Å². The molecule has 27 heavy (non-hydrogen) atoms. The maximum absolute atomic E-state index is 5.99. The zero-order valence-corrected chi connectivity index (χ0v) is 17.0. The van der Waals surface area contributed by atoms with Crippen LogP contribution >= 0.6 is 12.4 Å². The minimum Gasteiger partial charge on any atom is -0.490 e. The lowest BCUT2D eigenvalue weighted by atomic mass is 10.1. The van der Waals surface area contributed by atoms with Crippen molar-refractivity contribution in [1.82, 2.24) is 5.32 Å². The molecule has 1 aliphatic heterocycles. The first kappa shape index (κ1) is 21.5. The Morgan fingerprint density at radius 1 is 1.04 bits per heavy atom. The minimum absolute atomic E-state index is 0. The van der Waals surface area contributed by atoms with Crippen molar-refractivity contribution >= 4 is 12.4 Å². The molecule has 0 amide bonds. The highest BCUT2D eigenvalue weighted by Gasteiger charge is 2.14.